The van der Waals surface area contributed by atoms with Crippen LogP contribution >= 0.6 is 15.9 Å². The summed E-state index contributed by atoms with van der Waals surface area (Å²) in [6, 6.07) is 10.8. The Hall–Kier alpha value is -1.76. The van der Waals surface area contributed by atoms with Gasteiger partial charge in [-0.05, 0) is 48.7 Å². The second-order valence-electron chi connectivity index (χ2n) is 7.08. The van der Waals surface area contributed by atoms with Crippen LogP contribution in [-0.4, -0.2) is 48.4 Å². The first-order valence-corrected chi connectivity index (χ1v) is 9.96. The predicted molar refractivity (Wildman–Crippen MR) is 110 cm³/mol. The van der Waals surface area contributed by atoms with Crippen LogP contribution in [0.3, 0.4) is 0 Å². The van der Waals surface area contributed by atoms with Crippen molar-refractivity contribution in [1.29, 1.82) is 0 Å². The van der Waals surface area contributed by atoms with Crippen LogP contribution in [0.5, 0.6) is 0 Å². The fourth-order valence-corrected chi connectivity index (χ4v) is 3.75. The summed E-state index contributed by atoms with van der Waals surface area (Å²) < 4.78 is 14.0. The SMILES string of the molecule is Cc1cccc(NC(=O)CN2CCN(Cc3ccc(F)cc3Br)CC2)c1C. The molecule has 0 unspecified atom stereocenters. The summed E-state index contributed by atoms with van der Waals surface area (Å²) in [4.78, 5) is 16.9. The molecule has 4 nitrogen and oxygen atoms in total. The van der Waals surface area contributed by atoms with Crippen molar-refractivity contribution in [2.24, 2.45) is 0 Å². The van der Waals surface area contributed by atoms with Gasteiger partial charge in [-0.1, -0.05) is 34.1 Å². The fourth-order valence-electron chi connectivity index (χ4n) is 3.28. The number of anilines is 1. The molecule has 2 aromatic rings. The molecule has 1 heterocycles. The van der Waals surface area contributed by atoms with Crippen molar-refractivity contribution in [1.82, 2.24) is 9.80 Å². The highest BCUT2D eigenvalue weighted by Crippen LogP contribution is 2.21. The Bertz CT molecular complexity index is 819. The molecule has 0 aliphatic carbocycles. The van der Waals surface area contributed by atoms with Gasteiger partial charge in [0.05, 0.1) is 6.54 Å². The fraction of sp³-hybridized carbons (Fsp3) is 0.381. The maximum Gasteiger partial charge on any atom is 0.238 e. The molecule has 3 rings (SSSR count). The van der Waals surface area contributed by atoms with Crippen LogP contribution in [0.15, 0.2) is 40.9 Å². The molecule has 0 bridgehead atoms. The number of amides is 1. The van der Waals surface area contributed by atoms with Crippen LogP contribution in [0.25, 0.3) is 0 Å². The molecule has 1 fully saturated rings. The molecule has 1 N–H and O–H groups in total. The molecule has 144 valence electrons. The first kappa shape index (κ1) is 20.0. The van der Waals surface area contributed by atoms with Crippen molar-refractivity contribution in [3.05, 3.63) is 63.4 Å². The zero-order chi connectivity index (χ0) is 19.4. The minimum atomic E-state index is -0.231. The lowest BCUT2D eigenvalue weighted by atomic mass is 10.1. The van der Waals surface area contributed by atoms with E-state index in [2.05, 4.69) is 31.0 Å². The number of hydrogen-bond donors (Lipinski definition) is 1. The molecule has 0 atom stereocenters. The summed E-state index contributed by atoms with van der Waals surface area (Å²) >= 11 is 3.43. The van der Waals surface area contributed by atoms with Gasteiger partial charge < -0.3 is 5.32 Å². The van der Waals surface area contributed by atoms with Crippen molar-refractivity contribution in [3.8, 4) is 0 Å². The normalized spacial score (nSPS) is 15.7. The van der Waals surface area contributed by atoms with E-state index in [1.54, 1.807) is 0 Å². The smallest absolute Gasteiger partial charge is 0.238 e. The minimum Gasteiger partial charge on any atom is -0.325 e. The van der Waals surface area contributed by atoms with Gasteiger partial charge in [0.1, 0.15) is 5.82 Å². The molecule has 0 radical (unpaired) electrons. The first-order valence-electron chi connectivity index (χ1n) is 9.17. The molecule has 1 amide bonds. The van der Waals surface area contributed by atoms with E-state index < -0.39 is 0 Å². The molecule has 6 heteroatoms. The van der Waals surface area contributed by atoms with Crippen molar-refractivity contribution in [2.45, 2.75) is 20.4 Å². The van der Waals surface area contributed by atoms with E-state index >= 15 is 0 Å². The third kappa shape index (κ3) is 5.37. The highest BCUT2D eigenvalue weighted by molar-refractivity contribution is 9.10. The molecule has 0 spiro atoms. The average Bonchev–Trinajstić information content (AvgIpc) is 2.63. The Kier molecular flexibility index (Phi) is 6.63. The van der Waals surface area contributed by atoms with Crippen LogP contribution in [0.4, 0.5) is 10.1 Å². The topological polar surface area (TPSA) is 35.6 Å². The first-order chi connectivity index (χ1) is 12.9. The largest absolute Gasteiger partial charge is 0.325 e. The molecular formula is C21H25BrFN3O. The van der Waals surface area contributed by atoms with E-state index in [9.17, 15) is 9.18 Å². The molecule has 0 aromatic heterocycles. The monoisotopic (exact) mass is 433 g/mol. The Labute approximate surface area is 168 Å². The molecule has 27 heavy (non-hydrogen) atoms. The van der Waals surface area contributed by atoms with Crippen molar-refractivity contribution in [3.63, 3.8) is 0 Å². The van der Waals surface area contributed by atoms with E-state index in [-0.39, 0.29) is 11.7 Å². The quantitative estimate of drug-likeness (QED) is 0.774. The summed E-state index contributed by atoms with van der Waals surface area (Å²) in [5, 5.41) is 3.03. The Balaban J connectivity index is 1.47. The number of benzene rings is 2. The summed E-state index contributed by atoms with van der Waals surface area (Å²) in [5.41, 5.74) is 4.26. The van der Waals surface area contributed by atoms with Gasteiger partial charge in [0.2, 0.25) is 5.91 Å². The number of carbonyl (C=O) groups is 1. The van der Waals surface area contributed by atoms with Gasteiger partial charge in [0, 0.05) is 42.9 Å². The number of carbonyl (C=O) groups excluding carboxylic acids is 1. The minimum absolute atomic E-state index is 0.0263. The molecule has 1 aliphatic rings. The lowest BCUT2D eigenvalue weighted by Crippen LogP contribution is -2.48. The lowest BCUT2D eigenvalue weighted by Gasteiger charge is -2.34. The van der Waals surface area contributed by atoms with E-state index in [4.69, 9.17) is 0 Å². The number of nitrogens with one attached hydrogen (secondary N) is 1. The Morgan fingerprint density at radius 1 is 1.11 bits per heavy atom. The Morgan fingerprint density at radius 3 is 2.52 bits per heavy atom. The maximum absolute atomic E-state index is 13.2. The summed E-state index contributed by atoms with van der Waals surface area (Å²) in [7, 11) is 0. The predicted octanol–water partition coefficient (Wildman–Crippen LogP) is 3.96. The number of halogens is 2. The molecular weight excluding hydrogens is 409 g/mol. The second kappa shape index (κ2) is 8.95. The van der Waals surface area contributed by atoms with Crippen molar-refractivity contribution >= 4 is 27.5 Å². The zero-order valence-electron chi connectivity index (χ0n) is 15.8. The van der Waals surface area contributed by atoms with E-state index in [0.29, 0.717) is 6.54 Å². The summed E-state index contributed by atoms with van der Waals surface area (Å²) in [6.45, 7) is 8.73. The van der Waals surface area contributed by atoms with E-state index in [1.807, 2.05) is 38.1 Å². The van der Waals surface area contributed by atoms with Crippen molar-refractivity contribution in [2.75, 3.05) is 38.0 Å². The number of piperazine rings is 1. The third-order valence-corrected chi connectivity index (χ3v) is 5.86. The average molecular weight is 434 g/mol. The van der Waals surface area contributed by atoms with Gasteiger partial charge in [-0.25, -0.2) is 4.39 Å². The second-order valence-corrected chi connectivity index (χ2v) is 7.94. The summed E-state index contributed by atoms with van der Waals surface area (Å²) in [5.74, 6) is -0.205. The number of nitrogens with zero attached hydrogens (tertiary/aromatic N) is 2. The van der Waals surface area contributed by atoms with Crippen LogP contribution in [0.2, 0.25) is 0 Å². The zero-order valence-corrected chi connectivity index (χ0v) is 17.4. The van der Waals surface area contributed by atoms with Crippen LogP contribution in [0.1, 0.15) is 16.7 Å². The lowest BCUT2D eigenvalue weighted by molar-refractivity contribution is -0.117. The molecule has 1 aliphatic heterocycles. The Morgan fingerprint density at radius 2 is 1.81 bits per heavy atom. The number of hydrogen-bond acceptors (Lipinski definition) is 3. The molecule has 1 saturated heterocycles. The number of rotatable bonds is 5. The van der Waals surface area contributed by atoms with E-state index in [0.717, 1.165) is 54.0 Å². The molecule has 2 aromatic carbocycles. The van der Waals surface area contributed by atoms with Gasteiger partial charge in [-0.2, -0.15) is 0 Å². The summed E-state index contributed by atoms with van der Waals surface area (Å²) in [6.07, 6.45) is 0. The maximum atomic E-state index is 13.2. The van der Waals surface area contributed by atoms with E-state index in [1.165, 1.54) is 17.7 Å². The number of aryl methyl sites for hydroxylation is 1. The highest BCUT2D eigenvalue weighted by Gasteiger charge is 2.20. The third-order valence-electron chi connectivity index (χ3n) is 5.12. The van der Waals surface area contributed by atoms with Gasteiger partial charge in [-0.15, -0.1) is 0 Å². The van der Waals surface area contributed by atoms with Gasteiger partial charge in [-0.3, -0.25) is 14.6 Å². The highest BCUT2D eigenvalue weighted by atomic mass is 79.9. The van der Waals surface area contributed by atoms with Crippen LogP contribution in [-0.2, 0) is 11.3 Å². The van der Waals surface area contributed by atoms with Crippen LogP contribution < -0.4 is 5.32 Å². The van der Waals surface area contributed by atoms with Crippen LogP contribution in [0, 0.1) is 19.7 Å². The van der Waals surface area contributed by atoms with Gasteiger partial charge in [0.15, 0.2) is 0 Å². The standard InChI is InChI=1S/C21H25BrFN3O/c1-15-4-3-5-20(16(15)2)24-21(27)14-26-10-8-25(9-11-26)13-17-6-7-18(23)12-19(17)22/h3-7,12H,8-11,13-14H2,1-2H3,(H,24,27). The molecule has 0 saturated carbocycles. The van der Waals surface area contributed by atoms with Gasteiger partial charge >= 0.3 is 0 Å². The van der Waals surface area contributed by atoms with Crippen molar-refractivity contribution < 1.29 is 9.18 Å². The van der Waals surface area contributed by atoms with Gasteiger partial charge in [0.25, 0.3) is 0 Å².